The monoisotopic (exact) mass is 184 g/mol. The van der Waals surface area contributed by atoms with Crippen LogP contribution in [0.1, 0.15) is 29.7 Å². The molecule has 0 rings (SSSR count). The fourth-order valence-corrected chi connectivity index (χ4v) is 0.250. The Kier molecular flexibility index (Phi) is 35.3. The van der Waals surface area contributed by atoms with Crippen LogP contribution >= 0.6 is 0 Å². The normalized spacial score (nSPS) is 7.64. The molecule has 0 aromatic carbocycles. The zero-order valence-electron chi connectivity index (χ0n) is 5.32. The van der Waals surface area contributed by atoms with Gasteiger partial charge in [0.15, 0.2) is 0 Å². The van der Waals surface area contributed by atoms with Crippen molar-refractivity contribution in [1.29, 1.82) is 0 Å². The Morgan fingerprint density at radius 1 is 0.727 bits per heavy atom. The van der Waals surface area contributed by atoms with Gasteiger partial charge in [0.1, 0.15) is 0 Å². The lowest BCUT2D eigenvalue weighted by molar-refractivity contribution is 0.258. The van der Waals surface area contributed by atoms with E-state index in [9.17, 15) is 0 Å². The molecule has 0 bridgehead atoms. The van der Waals surface area contributed by atoms with Crippen molar-refractivity contribution in [3.8, 4) is 0 Å². The van der Waals surface area contributed by atoms with Gasteiger partial charge in [-0.2, -0.15) is 0 Å². The fourth-order valence-electron chi connectivity index (χ4n) is 0.0833. The molecule has 0 amide bonds. The lowest BCUT2D eigenvalue weighted by Crippen LogP contribution is -2.31. The van der Waals surface area contributed by atoms with E-state index in [2.05, 4.69) is 0 Å². The van der Waals surface area contributed by atoms with E-state index in [1.54, 1.807) is 14.2 Å². The first-order chi connectivity index (χ1) is 3.12. The lowest BCUT2D eigenvalue weighted by atomic mass is 11.8. The summed E-state index contributed by atoms with van der Waals surface area (Å²) in [5.74, 6) is 0. The summed E-state index contributed by atoms with van der Waals surface area (Å²) in [6, 6.07) is 0. The van der Waals surface area contributed by atoms with Crippen LogP contribution in [0.3, 0.4) is 0 Å². The van der Waals surface area contributed by atoms with Crippen molar-refractivity contribution in [2.45, 2.75) is 42.8 Å². The van der Waals surface area contributed by atoms with Crippen molar-refractivity contribution >= 4 is 8.56 Å². The minimum Gasteiger partial charge on any atom is -0.398 e. The van der Waals surface area contributed by atoms with Gasteiger partial charge in [0.25, 0.3) is 0 Å². The van der Waals surface area contributed by atoms with Gasteiger partial charge in [0, 0.05) is 14.2 Å². The third-order valence-corrected chi connectivity index (χ3v) is 2.95. The molecule has 2 nitrogen and oxygen atoms in total. The van der Waals surface area contributed by atoms with Crippen LogP contribution in [0, 0.1) is 0 Å². The fraction of sp³-hybridized carbons (Fsp3) is 1.00. The summed E-state index contributed by atoms with van der Waals surface area (Å²) in [7, 11) is 1.70. The van der Waals surface area contributed by atoms with Crippen LogP contribution < -0.4 is 0 Å². The highest BCUT2D eigenvalue weighted by molar-refractivity contribution is 6.64. The summed E-state index contributed by atoms with van der Waals surface area (Å²) in [6.07, 6.45) is 0. The summed E-state index contributed by atoms with van der Waals surface area (Å²) in [5, 5.41) is 0. The maximum absolute atomic E-state index is 5.00. The molecule has 0 saturated carbocycles. The first-order valence-corrected chi connectivity index (χ1v) is 5.04. The minimum absolute atomic E-state index is 0. The molecule has 76 valence electrons. The van der Waals surface area contributed by atoms with Gasteiger partial charge < -0.3 is 8.85 Å². The van der Waals surface area contributed by atoms with Crippen LogP contribution in [0.4, 0.5) is 0 Å². The molecule has 0 aliphatic heterocycles. The molecule has 0 aromatic heterocycles. The molecule has 0 aromatic rings. The summed E-state index contributed by atoms with van der Waals surface area (Å²) in [5.41, 5.74) is 0. The molecule has 0 heterocycles. The first-order valence-electron chi connectivity index (χ1n) is 2.22. The summed E-state index contributed by atoms with van der Waals surface area (Å²) in [4.78, 5) is 0. The zero-order valence-corrected chi connectivity index (χ0v) is 6.32. The van der Waals surface area contributed by atoms with E-state index in [0.717, 1.165) is 0 Å². The number of hydrogen-bond donors (Lipinski definition) is 0. The van der Waals surface area contributed by atoms with Crippen LogP contribution in [0.2, 0.25) is 13.1 Å². The van der Waals surface area contributed by atoms with E-state index in [-0.39, 0.29) is 29.7 Å². The smallest absolute Gasteiger partial charge is 0.331 e. The summed E-state index contributed by atoms with van der Waals surface area (Å²) in [6.45, 7) is 3.99. The molecule has 0 spiro atoms. The average Bonchev–Trinajstić information content (AvgIpc) is 1.68. The van der Waals surface area contributed by atoms with E-state index in [1.807, 2.05) is 13.1 Å². The van der Waals surface area contributed by atoms with Crippen LogP contribution in [-0.2, 0) is 8.85 Å². The third-order valence-electron chi connectivity index (χ3n) is 0.983. The third kappa shape index (κ3) is 17.8. The van der Waals surface area contributed by atoms with Gasteiger partial charge in [-0.15, -0.1) is 0 Å². The molecule has 3 heteroatoms. The second-order valence-electron chi connectivity index (χ2n) is 1.81. The predicted octanol–water partition coefficient (Wildman–Crippen LogP) is 3.53. The Labute approximate surface area is 75.2 Å². The van der Waals surface area contributed by atoms with Gasteiger partial charge in [-0.25, -0.2) is 0 Å². The standard InChI is InChI=1S/C4H12O2Si.4CH4/c1-5-7(3,4)6-2;;;;/h1-4H3;4*1H4. The van der Waals surface area contributed by atoms with E-state index in [1.165, 1.54) is 0 Å². The highest BCUT2D eigenvalue weighted by Crippen LogP contribution is 1.99. The molecule has 0 fully saturated rings. The van der Waals surface area contributed by atoms with Gasteiger partial charge in [0.2, 0.25) is 0 Å². The zero-order chi connectivity index (χ0) is 5.91. The Morgan fingerprint density at radius 3 is 0.909 bits per heavy atom. The number of hydrogen-bond acceptors (Lipinski definition) is 2. The second-order valence-corrected chi connectivity index (χ2v) is 5.42. The van der Waals surface area contributed by atoms with Crippen molar-refractivity contribution in [2.24, 2.45) is 0 Å². The molecule has 11 heavy (non-hydrogen) atoms. The summed E-state index contributed by atoms with van der Waals surface area (Å²) < 4.78 is 10.0. The predicted molar refractivity (Wildman–Crippen MR) is 58.4 cm³/mol. The van der Waals surface area contributed by atoms with Gasteiger partial charge >= 0.3 is 8.56 Å². The Morgan fingerprint density at radius 2 is 0.909 bits per heavy atom. The molecule has 0 unspecified atom stereocenters. The van der Waals surface area contributed by atoms with Crippen LogP contribution in [-0.4, -0.2) is 22.8 Å². The second kappa shape index (κ2) is 12.8. The molecule has 0 N–H and O–H groups in total. The number of rotatable bonds is 2. The lowest BCUT2D eigenvalue weighted by Gasteiger charge is -2.15. The topological polar surface area (TPSA) is 18.5 Å². The van der Waals surface area contributed by atoms with E-state index in [0.29, 0.717) is 0 Å². The van der Waals surface area contributed by atoms with Crippen LogP contribution in [0.25, 0.3) is 0 Å². The highest BCUT2D eigenvalue weighted by Gasteiger charge is 2.19. The summed E-state index contributed by atoms with van der Waals surface area (Å²) >= 11 is 0. The van der Waals surface area contributed by atoms with Gasteiger partial charge in [-0.1, -0.05) is 29.7 Å². The van der Waals surface area contributed by atoms with Gasteiger partial charge in [-0.3, -0.25) is 0 Å². The van der Waals surface area contributed by atoms with Crippen LogP contribution in [0.15, 0.2) is 0 Å². The SMILES string of the molecule is C.C.C.C.CO[Si](C)(C)OC. The Hall–Kier alpha value is 0.137. The Bertz CT molecular complexity index is 50.1. The highest BCUT2D eigenvalue weighted by atomic mass is 28.4. The average molecular weight is 184 g/mol. The van der Waals surface area contributed by atoms with E-state index >= 15 is 0 Å². The van der Waals surface area contributed by atoms with Crippen molar-refractivity contribution in [2.75, 3.05) is 14.2 Å². The van der Waals surface area contributed by atoms with Crippen LogP contribution in [0.5, 0.6) is 0 Å². The largest absolute Gasteiger partial charge is 0.398 e. The quantitative estimate of drug-likeness (QED) is 0.611. The van der Waals surface area contributed by atoms with Gasteiger partial charge in [0.05, 0.1) is 0 Å². The van der Waals surface area contributed by atoms with Crippen molar-refractivity contribution in [3.05, 3.63) is 0 Å². The Balaban J connectivity index is -0.0000000300. The molecular weight excluding hydrogens is 156 g/mol. The first kappa shape index (κ1) is 30.4. The van der Waals surface area contributed by atoms with Crippen molar-refractivity contribution in [1.82, 2.24) is 0 Å². The van der Waals surface area contributed by atoms with E-state index < -0.39 is 8.56 Å². The molecule has 0 atom stereocenters. The maximum Gasteiger partial charge on any atom is 0.331 e. The van der Waals surface area contributed by atoms with Gasteiger partial charge in [-0.05, 0) is 13.1 Å². The molecule has 0 saturated heterocycles. The molecule has 0 radical (unpaired) electrons. The van der Waals surface area contributed by atoms with Crippen molar-refractivity contribution < 1.29 is 8.85 Å². The molecular formula is C8H28O2Si. The molecule has 0 aliphatic rings. The minimum atomic E-state index is -1.65. The maximum atomic E-state index is 5.00. The van der Waals surface area contributed by atoms with Crippen molar-refractivity contribution in [3.63, 3.8) is 0 Å². The van der Waals surface area contributed by atoms with E-state index in [4.69, 9.17) is 8.85 Å². The molecule has 0 aliphatic carbocycles.